The number of hydrogen-bond acceptors (Lipinski definition) is 7. The third-order valence-electron chi connectivity index (χ3n) is 6.20. The van der Waals surface area contributed by atoms with Crippen LogP contribution in [0.2, 0.25) is 0 Å². The molecule has 2 aromatic rings. The van der Waals surface area contributed by atoms with Crippen molar-refractivity contribution in [2.75, 3.05) is 27.5 Å². The predicted molar refractivity (Wildman–Crippen MR) is 95.2 cm³/mol. The molecular formula is C20H21NO6. The van der Waals surface area contributed by atoms with Gasteiger partial charge in [0.1, 0.15) is 17.7 Å². The molecule has 1 spiro atoms. The number of methoxy groups -OCH3 is 1. The van der Waals surface area contributed by atoms with Crippen LogP contribution in [0.4, 0.5) is 0 Å². The SMILES string of the molecule is COc1cc2c(cc1O)[C@@]1([C@H](O)c3c(ccc4c3OCO4)[C@@H]1O)N(C)CC2. The molecule has 2 aromatic carbocycles. The zero-order valence-corrected chi connectivity index (χ0v) is 15.1. The summed E-state index contributed by atoms with van der Waals surface area (Å²) in [5, 5.41) is 33.2. The molecular weight excluding hydrogens is 350 g/mol. The highest BCUT2D eigenvalue weighted by Gasteiger charge is 2.60. The third kappa shape index (κ3) is 1.91. The number of likely N-dealkylation sites (N-methyl/N-ethyl adjacent to an activating group) is 1. The number of hydrogen-bond donors (Lipinski definition) is 3. The molecule has 3 N–H and O–H groups in total. The van der Waals surface area contributed by atoms with E-state index in [2.05, 4.69) is 0 Å². The van der Waals surface area contributed by atoms with Crippen LogP contribution in [0, 0.1) is 0 Å². The van der Waals surface area contributed by atoms with Crippen LogP contribution in [0.3, 0.4) is 0 Å². The number of benzene rings is 2. The second-order valence-corrected chi connectivity index (χ2v) is 7.29. The number of rotatable bonds is 1. The number of aliphatic hydroxyl groups is 2. The predicted octanol–water partition coefficient (Wildman–Crippen LogP) is 1.59. The minimum absolute atomic E-state index is 0.0221. The van der Waals surface area contributed by atoms with E-state index in [0.29, 0.717) is 40.5 Å². The average molecular weight is 371 g/mol. The molecule has 7 nitrogen and oxygen atoms in total. The van der Waals surface area contributed by atoms with E-state index in [1.807, 2.05) is 11.9 Å². The zero-order chi connectivity index (χ0) is 18.9. The molecule has 1 aliphatic carbocycles. The van der Waals surface area contributed by atoms with Crippen molar-refractivity contribution in [2.24, 2.45) is 0 Å². The first-order chi connectivity index (χ1) is 13.0. The van der Waals surface area contributed by atoms with Crippen molar-refractivity contribution in [2.45, 2.75) is 24.2 Å². The Morgan fingerprint density at radius 1 is 1.19 bits per heavy atom. The lowest BCUT2D eigenvalue weighted by Gasteiger charge is -2.48. The number of phenols is 1. The summed E-state index contributed by atoms with van der Waals surface area (Å²) < 4.78 is 16.3. The minimum atomic E-state index is -1.12. The van der Waals surface area contributed by atoms with Crippen molar-refractivity contribution in [3.05, 3.63) is 46.5 Å². The van der Waals surface area contributed by atoms with Gasteiger partial charge in [0.15, 0.2) is 23.0 Å². The number of aliphatic hydroxyl groups excluding tert-OH is 2. The van der Waals surface area contributed by atoms with Gasteiger partial charge < -0.3 is 29.5 Å². The smallest absolute Gasteiger partial charge is 0.231 e. The number of ether oxygens (including phenoxy) is 3. The van der Waals surface area contributed by atoms with Gasteiger partial charge in [0.2, 0.25) is 6.79 Å². The van der Waals surface area contributed by atoms with Crippen LogP contribution >= 0.6 is 0 Å². The number of fused-ring (bicyclic) bond motifs is 5. The molecule has 27 heavy (non-hydrogen) atoms. The van der Waals surface area contributed by atoms with Gasteiger partial charge in [-0.2, -0.15) is 0 Å². The van der Waals surface area contributed by atoms with Crippen molar-refractivity contribution in [3.63, 3.8) is 0 Å². The highest BCUT2D eigenvalue weighted by molar-refractivity contribution is 5.62. The highest BCUT2D eigenvalue weighted by Crippen LogP contribution is 2.62. The van der Waals surface area contributed by atoms with Crippen LogP contribution in [-0.4, -0.2) is 47.7 Å². The van der Waals surface area contributed by atoms with Crippen LogP contribution < -0.4 is 14.2 Å². The Kier molecular flexibility index (Phi) is 3.40. The van der Waals surface area contributed by atoms with Crippen LogP contribution in [-0.2, 0) is 12.0 Å². The van der Waals surface area contributed by atoms with Gasteiger partial charge in [0.05, 0.1) is 7.11 Å². The number of phenolic OH excluding ortho intramolecular Hbond substituents is 1. The van der Waals surface area contributed by atoms with Crippen LogP contribution in [0.5, 0.6) is 23.0 Å². The van der Waals surface area contributed by atoms with Gasteiger partial charge in [-0.1, -0.05) is 6.07 Å². The van der Waals surface area contributed by atoms with Gasteiger partial charge in [0, 0.05) is 12.1 Å². The molecule has 2 aliphatic heterocycles. The van der Waals surface area contributed by atoms with Crippen LogP contribution in [0.25, 0.3) is 0 Å². The molecule has 3 atom stereocenters. The molecule has 0 fully saturated rings. The molecule has 142 valence electrons. The van der Waals surface area contributed by atoms with Crippen molar-refractivity contribution in [1.29, 1.82) is 0 Å². The van der Waals surface area contributed by atoms with Gasteiger partial charge in [-0.15, -0.1) is 0 Å². The Morgan fingerprint density at radius 2 is 2.00 bits per heavy atom. The fourth-order valence-corrected chi connectivity index (χ4v) is 4.88. The van der Waals surface area contributed by atoms with Crippen molar-refractivity contribution in [1.82, 2.24) is 4.90 Å². The molecule has 0 saturated carbocycles. The van der Waals surface area contributed by atoms with Gasteiger partial charge in [-0.05, 0) is 48.4 Å². The Balaban J connectivity index is 1.77. The van der Waals surface area contributed by atoms with Crippen molar-refractivity contribution in [3.8, 4) is 23.0 Å². The first-order valence-corrected chi connectivity index (χ1v) is 8.90. The maximum atomic E-state index is 11.5. The Labute approximate surface area is 156 Å². The van der Waals surface area contributed by atoms with E-state index in [1.54, 1.807) is 24.3 Å². The summed E-state index contributed by atoms with van der Waals surface area (Å²) in [5.74, 6) is 1.40. The Morgan fingerprint density at radius 3 is 2.78 bits per heavy atom. The van der Waals surface area contributed by atoms with E-state index in [4.69, 9.17) is 14.2 Å². The lowest BCUT2D eigenvalue weighted by atomic mass is 9.75. The third-order valence-corrected chi connectivity index (χ3v) is 6.20. The summed E-state index contributed by atoms with van der Waals surface area (Å²) in [6.45, 7) is 0.731. The molecule has 0 saturated heterocycles. The molecule has 5 rings (SSSR count). The van der Waals surface area contributed by atoms with Gasteiger partial charge in [0.25, 0.3) is 0 Å². The lowest BCUT2D eigenvalue weighted by Crippen LogP contribution is -2.53. The summed E-state index contributed by atoms with van der Waals surface area (Å²) >= 11 is 0. The zero-order valence-electron chi connectivity index (χ0n) is 15.1. The van der Waals surface area contributed by atoms with Gasteiger partial charge >= 0.3 is 0 Å². The normalized spacial score (nSPS) is 28.3. The van der Waals surface area contributed by atoms with E-state index in [9.17, 15) is 15.3 Å². The summed E-state index contributed by atoms with van der Waals surface area (Å²) in [7, 11) is 3.38. The molecule has 3 aliphatic rings. The van der Waals surface area contributed by atoms with Gasteiger partial charge in [-0.3, -0.25) is 4.90 Å². The molecule has 0 unspecified atom stereocenters. The molecule has 7 heteroatoms. The fourth-order valence-electron chi connectivity index (χ4n) is 4.88. The number of aromatic hydroxyl groups is 1. The summed E-state index contributed by atoms with van der Waals surface area (Å²) in [6.07, 6.45) is -1.32. The molecule has 2 heterocycles. The average Bonchev–Trinajstić information content (AvgIpc) is 3.22. The highest BCUT2D eigenvalue weighted by atomic mass is 16.7. The molecule has 0 aromatic heterocycles. The quantitative estimate of drug-likeness (QED) is 0.701. The minimum Gasteiger partial charge on any atom is -0.504 e. The fraction of sp³-hybridized carbons (Fsp3) is 0.400. The van der Waals surface area contributed by atoms with E-state index in [-0.39, 0.29) is 12.5 Å². The van der Waals surface area contributed by atoms with Crippen LogP contribution in [0.15, 0.2) is 24.3 Å². The van der Waals surface area contributed by atoms with E-state index in [1.165, 1.54) is 7.11 Å². The monoisotopic (exact) mass is 371 g/mol. The van der Waals surface area contributed by atoms with E-state index >= 15 is 0 Å². The second kappa shape index (κ2) is 5.51. The maximum absolute atomic E-state index is 11.5. The summed E-state index contributed by atoms with van der Waals surface area (Å²) in [6, 6.07) is 6.91. The largest absolute Gasteiger partial charge is 0.504 e. The second-order valence-electron chi connectivity index (χ2n) is 7.29. The van der Waals surface area contributed by atoms with Crippen molar-refractivity contribution >= 4 is 0 Å². The molecule has 0 amide bonds. The van der Waals surface area contributed by atoms with Gasteiger partial charge in [-0.25, -0.2) is 0 Å². The first-order valence-electron chi connectivity index (χ1n) is 8.90. The molecule has 0 radical (unpaired) electrons. The van der Waals surface area contributed by atoms with E-state index in [0.717, 1.165) is 12.0 Å². The number of nitrogens with zero attached hydrogens (tertiary/aromatic N) is 1. The van der Waals surface area contributed by atoms with Crippen molar-refractivity contribution < 1.29 is 29.5 Å². The summed E-state index contributed by atoms with van der Waals surface area (Å²) in [4.78, 5) is 1.96. The standard InChI is InChI=1S/C20H21NO6/c1-21-6-5-10-7-15(25-2)13(22)8-12(10)20(21)18(23)11-3-4-14-17(27-9-26-14)16(11)19(20)24/h3-4,7-8,18-19,22-24H,5-6,9H2,1-2H3/t18-,19+,20+/m0/s1. The first kappa shape index (κ1) is 16.7. The Bertz CT molecular complexity index is 945. The Hall–Kier alpha value is -2.48. The van der Waals surface area contributed by atoms with E-state index < -0.39 is 17.7 Å². The summed E-state index contributed by atoms with van der Waals surface area (Å²) in [5.41, 5.74) is 1.66. The lowest BCUT2D eigenvalue weighted by molar-refractivity contribution is -0.0951. The topological polar surface area (TPSA) is 91.6 Å². The molecule has 0 bridgehead atoms. The van der Waals surface area contributed by atoms with Crippen LogP contribution in [0.1, 0.15) is 34.5 Å². The maximum Gasteiger partial charge on any atom is 0.231 e.